The van der Waals surface area contributed by atoms with Crippen molar-refractivity contribution in [3.05, 3.63) is 0 Å². The highest BCUT2D eigenvalue weighted by molar-refractivity contribution is 5.77. The first kappa shape index (κ1) is 8.01. The summed E-state index contributed by atoms with van der Waals surface area (Å²) < 4.78 is 10.3. The molecule has 12 heavy (non-hydrogen) atoms. The molecular formula is C8H13NO3. The number of amides is 1. The zero-order chi connectivity index (χ0) is 8.39. The third-order valence-electron chi connectivity index (χ3n) is 2.24. The number of ether oxygens (including phenoxy) is 2. The molecule has 1 amide bonds. The molecule has 2 rings (SSSR count). The van der Waals surface area contributed by atoms with E-state index in [1.807, 2.05) is 4.90 Å². The van der Waals surface area contributed by atoms with E-state index in [0.29, 0.717) is 19.6 Å². The fourth-order valence-corrected chi connectivity index (χ4v) is 1.36. The minimum Gasteiger partial charge on any atom is -0.350 e. The van der Waals surface area contributed by atoms with Crippen molar-refractivity contribution in [2.75, 3.05) is 26.3 Å². The summed E-state index contributed by atoms with van der Waals surface area (Å²) in [6.45, 7) is 3.06. The zero-order valence-corrected chi connectivity index (χ0v) is 6.99. The van der Waals surface area contributed by atoms with Gasteiger partial charge in [-0.05, 0) is 6.42 Å². The first-order chi connectivity index (χ1) is 5.86. The van der Waals surface area contributed by atoms with Gasteiger partial charge >= 0.3 is 0 Å². The molecule has 68 valence electrons. The van der Waals surface area contributed by atoms with E-state index >= 15 is 0 Å². The standard InChI is InChI=1S/C8H13NO3/c10-7(9-2-1-3-9)6-8-11-4-5-12-8/h8H,1-6H2. The number of hydrogen-bond donors (Lipinski definition) is 0. The van der Waals surface area contributed by atoms with Gasteiger partial charge in [0.25, 0.3) is 0 Å². The molecular weight excluding hydrogens is 158 g/mol. The second-order valence-corrected chi connectivity index (χ2v) is 3.11. The third kappa shape index (κ3) is 1.59. The molecule has 0 aromatic rings. The summed E-state index contributed by atoms with van der Waals surface area (Å²) in [5, 5.41) is 0. The van der Waals surface area contributed by atoms with E-state index in [-0.39, 0.29) is 12.2 Å². The van der Waals surface area contributed by atoms with E-state index in [4.69, 9.17) is 9.47 Å². The van der Waals surface area contributed by atoms with Gasteiger partial charge in [-0.3, -0.25) is 4.79 Å². The van der Waals surface area contributed by atoms with Gasteiger partial charge < -0.3 is 14.4 Å². The predicted octanol–water partition coefficient (Wildman–Crippen LogP) is -0.0183. The molecule has 0 saturated carbocycles. The lowest BCUT2D eigenvalue weighted by molar-refractivity contribution is -0.142. The molecule has 0 N–H and O–H groups in total. The number of rotatable bonds is 2. The lowest BCUT2D eigenvalue weighted by Crippen LogP contribution is -2.43. The summed E-state index contributed by atoms with van der Waals surface area (Å²) in [5.74, 6) is 0.160. The molecule has 2 heterocycles. The van der Waals surface area contributed by atoms with Crippen LogP contribution in [0.5, 0.6) is 0 Å². The molecule has 0 aliphatic carbocycles. The van der Waals surface area contributed by atoms with Crippen LogP contribution in [0.1, 0.15) is 12.8 Å². The van der Waals surface area contributed by atoms with E-state index in [1.165, 1.54) is 0 Å². The van der Waals surface area contributed by atoms with Crippen LogP contribution in [0.15, 0.2) is 0 Å². The van der Waals surface area contributed by atoms with Gasteiger partial charge in [-0.25, -0.2) is 0 Å². The quantitative estimate of drug-likeness (QED) is 0.586. The van der Waals surface area contributed by atoms with Gasteiger partial charge in [0.15, 0.2) is 6.29 Å². The lowest BCUT2D eigenvalue weighted by atomic mass is 10.2. The molecule has 0 unspecified atom stereocenters. The Morgan fingerprint density at radius 2 is 2.00 bits per heavy atom. The Labute approximate surface area is 71.4 Å². The largest absolute Gasteiger partial charge is 0.350 e. The van der Waals surface area contributed by atoms with Gasteiger partial charge in [0.05, 0.1) is 19.6 Å². The fourth-order valence-electron chi connectivity index (χ4n) is 1.36. The van der Waals surface area contributed by atoms with Crippen LogP contribution in [0.25, 0.3) is 0 Å². The molecule has 0 atom stereocenters. The summed E-state index contributed by atoms with van der Waals surface area (Å²) in [7, 11) is 0. The van der Waals surface area contributed by atoms with Crippen molar-refractivity contribution in [1.82, 2.24) is 4.90 Å². The Hall–Kier alpha value is -0.610. The second-order valence-electron chi connectivity index (χ2n) is 3.11. The second kappa shape index (κ2) is 3.41. The van der Waals surface area contributed by atoms with Crippen LogP contribution in [0.2, 0.25) is 0 Å². The van der Waals surface area contributed by atoms with E-state index in [2.05, 4.69) is 0 Å². The van der Waals surface area contributed by atoms with Gasteiger partial charge in [0, 0.05) is 13.1 Å². The van der Waals surface area contributed by atoms with Crippen LogP contribution >= 0.6 is 0 Å². The Bertz CT molecular complexity index is 173. The van der Waals surface area contributed by atoms with E-state index < -0.39 is 0 Å². The van der Waals surface area contributed by atoms with Crippen LogP contribution in [-0.2, 0) is 14.3 Å². The van der Waals surface area contributed by atoms with Gasteiger partial charge in [0.1, 0.15) is 0 Å². The average molecular weight is 171 g/mol. The minimum absolute atomic E-state index is 0.160. The smallest absolute Gasteiger partial charge is 0.227 e. The van der Waals surface area contributed by atoms with Crippen LogP contribution in [0, 0.1) is 0 Å². The summed E-state index contributed by atoms with van der Waals surface area (Å²) in [6.07, 6.45) is 1.25. The topological polar surface area (TPSA) is 38.8 Å². The van der Waals surface area contributed by atoms with Crippen molar-refractivity contribution >= 4 is 5.91 Å². The maximum Gasteiger partial charge on any atom is 0.227 e. The lowest BCUT2D eigenvalue weighted by Gasteiger charge is -2.31. The van der Waals surface area contributed by atoms with Gasteiger partial charge in [-0.1, -0.05) is 0 Å². The summed E-state index contributed by atoms with van der Waals surface area (Å²) in [4.78, 5) is 13.2. The average Bonchev–Trinajstić information content (AvgIpc) is 2.34. The number of nitrogens with zero attached hydrogens (tertiary/aromatic N) is 1. The van der Waals surface area contributed by atoms with Crippen LogP contribution in [-0.4, -0.2) is 43.4 Å². The van der Waals surface area contributed by atoms with Gasteiger partial charge in [0.2, 0.25) is 5.91 Å². The molecule has 0 spiro atoms. The van der Waals surface area contributed by atoms with Gasteiger partial charge in [-0.2, -0.15) is 0 Å². The van der Waals surface area contributed by atoms with Crippen molar-refractivity contribution in [3.63, 3.8) is 0 Å². The molecule has 2 aliphatic heterocycles. The Morgan fingerprint density at radius 1 is 1.33 bits per heavy atom. The van der Waals surface area contributed by atoms with Crippen molar-refractivity contribution in [2.24, 2.45) is 0 Å². The van der Waals surface area contributed by atoms with Crippen LogP contribution < -0.4 is 0 Å². The molecule has 2 saturated heterocycles. The summed E-state index contributed by atoms with van der Waals surface area (Å²) in [5.41, 5.74) is 0. The van der Waals surface area contributed by atoms with E-state index in [0.717, 1.165) is 19.5 Å². The predicted molar refractivity (Wildman–Crippen MR) is 41.5 cm³/mol. The number of carbonyl (C=O) groups excluding carboxylic acids is 1. The molecule has 0 aromatic heterocycles. The number of hydrogen-bond acceptors (Lipinski definition) is 3. The van der Waals surface area contributed by atoms with Crippen LogP contribution in [0.4, 0.5) is 0 Å². The summed E-state index contributed by atoms with van der Waals surface area (Å²) in [6, 6.07) is 0. The van der Waals surface area contributed by atoms with E-state index in [9.17, 15) is 4.79 Å². The first-order valence-electron chi connectivity index (χ1n) is 4.37. The maximum atomic E-state index is 11.3. The number of carbonyl (C=O) groups is 1. The minimum atomic E-state index is -0.280. The molecule has 0 bridgehead atoms. The van der Waals surface area contributed by atoms with Crippen molar-refractivity contribution < 1.29 is 14.3 Å². The van der Waals surface area contributed by atoms with Gasteiger partial charge in [-0.15, -0.1) is 0 Å². The normalized spacial score (nSPS) is 24.2. The monoisotopic (exact) mass is 171 g/mol. The SMILES string of the molecule is O=C(CC1OCCO1)N1CCC1. The highest BCUT2D eigenvalue weighted by atomic mass is 16.7. The molecule has 4 nitrogen and oxygen atoms in total. The van der Waals surface area contributed by atoms with Crippen molar-refractivity contribution in [3.8, 4) is 0 Å². The first-order valence-corrected chi connectivity index (χ1v) is 4.37. The Morgan fingerprint density at radius 3 is 2.50 bits per heavy atom. The highest BCUT2D eigenvalue weighted by Gasteiger charge is 2.25. The Balaban J connectivity index is 1.73. The molecule has 0 radical (unpaired) electrons. The third-order valence-corrected chi connectivity index (χ3v) is 2.24. The zero-order valence-electron chi connectivity index (χ0n) is 6.99. The Kier molecular flexibility index (Phi) is 2.28. The van der Waals surface area contributed by atoms with Crippen molar-refractivity contribution in [1.29, 1.82) is 0 Å². The molecule has 0 aromatic carbocycles. The highest BCUT2D eigenvalue weighted by Crippen LogP contribution is 2.13. The molecule has 4 heteroatoms. The van der Waals surface area contributed by atoms with E-state index in [1.54, 1.807) is 0 Å². The number of likely N-dealkylation sites (tertiary alicyclic amines) is 1. The van der Waals surface area contributed by atoms with Crippen molar-refractivity contribution in [2.45, 2.75) is 19.1 Å². The molecule has 2 aliphatic rings. The maximum absolute atomic E-state index is 11.3. The summed E-state index contributed by atoms with van der Waals surface area (Å²) >= 11 is 0. The fraction of sp³-hybridized carbons (Fsp3) is 0.875. The van der Waals surface area contributed by atoms with Crippen LogP contribution in [0.3, 0.4) is 0 Å². The molecule has 2 fully saturated rings.